The van der Waals surface area contributed by atoms with Crippen molar-refractivity contribution in [3.8, 4) is 0 Å². The van der Waals surface area contributed by atoms with E-state index in [1.54, 1.807) is 4.90 Å². The molecule has 2 aliphatic heterocycles. The van der Waals surface area contributed by atoms with Gasteiger partial charge >= 0.3 is 5.97 Å². The van der Waals surface area contributed by atoms with Gasteiger partial charge in [-0.15, -0.1) is 0 Å². The van der Waals surface area contributed by atoms with Crippen LogP contribution in [0.4, 0.5) is 5.69 Å². The van der Waals surface area contributed by atoms with Crippen LogP contribution in [0, 0.1) is 12.8 Å². The number of fused-ring (bicyclic) bond motifs is 1. The highest BCUT2D eigenvalue weighted by Crippen LogP contribution is 2.40. The summed E-state index contributed by atoms with van der Waals surface area (Å²) in [6, 6.07) is 8.13. The lowest BCUT2D eigenvalue weighted by atomic mass is 9.84. The second-order valence-electron chi connectivity index (χ2n) is 8.92. The van der Waals surface area contributed by atoms with Gasteiger partial charge in [-0.25, -0.2) is 4.79 Å². The minimum absolute atomic E-state index is 0.0351. The Morgan fingerprint density at radius 2 is 1.86 bits per heavy atom. The van der Waals surface area contributed by atoms with Crippen LogP contribution in [0.15, 0.2) is 24.3 Å². The van der Waals surface area contributed by atoms with E-state index in [9.17, 15) is 14.7 Å². The first-order chi connectivity index (χ1) is 14.0. The third-order valence-corrected chi connectivity index (χ3v) is 7.04. The van der Waals surface area contributed by atoms with Gasteiger partial charge in [0.2, 0.25) is 5.91 Å². The molecule has 0 spiro atoms. The number of amides is 1. The molecule has 1 saturated carbocycles. The van der Waals surface area contributed by atoms with E-state index in [1.807, 2.05) is 0 Å². The normalized spacial score (nSPS) is 27.7. The van der Waals surface area contributed by atoms with Gasteiger partial charge in [-0.05, 0) is 49.8 Å². The lowest BCUT2D eigenvalue weighted by Gasteiger charge is -2.37. The van der Waals surface area contributed by atoms with Crippen molar-refractivity contribution < 1.29 is 14.7 Å². The van der Waals surface area contributed by atoms with Crippen LogP contribution in [-0.2, 0) is 9.59 Å². The fraction of sp³-hybridized carbons (Fsp3) is 0.652. The van der Waals surface area contributed by atoms with Crippen LogP contribution < -0.4 is 4.90 Å². The molecule has 3 fully saturated rings. The number of carbonyl (C=O) groups excluding carboxylic acids is 1. The number of benzene rings is 1. The van der Waals surface area contributed by atoms with Crippen molar-refractivity contribution in [2.45, 2.75) is 57.5 Å². The van der Waals surface area contributed by atoms with Crippen molar-refractivity contribution in [1.82, 2.24) is 9.80 Å². The molecule has 0 radical (unpaired) electrons. The summed E-state index contributed by atoms with van der Waals surface area (Å²) >= 11 is 0. The number of carboxylic acids is 1. The molecule has 6 heteroatoms. The van der Waals surface area contributed by atoms with E-state index in [4.69, 9.17) is 0 Å². The third kappa shape index (κ3) is 4.42. The van der Waals surface area contributed by atoms with Crippen LogP contribution in [0.25, 0.3) is 0 Å². The third-order valence-electron chi connectivity index (χ3n) is 7.04. The standard InChI is InChI=1S/C23H33N3O3/c1-17-5-4-7-19(15-17)25-13-11-24(12-14-25)10-9-22(27)26-20-8-3-2-6-18(20)16-21(26)23(28)29/h4-5,7,15,18,20-21H,2-3,6,8-14,16H2,1H3,(H,28,29). The monoisotopic (exact) mass is 399 g/mol. The number of carbonyl (C=O) groups is 2. The molecule has 6 nitrogen and oxygen atoms in total. The van der Waals surface area contributed by atoms with Gasteiger partial charge in [0.15, 0.2) is 0 Å². The van der Waals surface area contributed by atoms with Crippen LogP contribution in [0.5, 0.6) is 0 Å². The zero-order valence-electron chi connectivity index (χ0n) is 17.4. The van der Waals surface area contributed by atoms with Crippen molar-refractivity contribution in [2.24, 2.45) is 5.92 Å². The van der Waals surface area contributed by atoms with Gasteiger partial charge in [0.05, 0.1) is 0 Å². The number of anilines is 1. The number of aliphatic carboxylic acids is 1. The predicted molar refractivity (Wildman–Crippen MR) is 113 cm³/mol. The number of likely N-dealkylation sites (tertiary alicyclic amines) is 1. The number of carboxylic acid groups (broad SMARTS) is 1. The number of hydrogen-bond acceptors (Lipinski definition) is 4. The first kappa shape index (κ1) is 20.2. The molecule has 0 bridgehead atoms. The minimum atomic E-state index is -0.834. The molecule has 1 aromatic carbocycles. The van der Waals surface area contributed by atoms with E-state index in [0.29, 0.717) is 18.8 Å². The Labute approximate surface area is 173 Å². The van der Waals surface area contributed by atoms with Crippen LogP contribution in [-0.4, -0.2) is 71.6 Å². The molecule has 4 rings (SSSR count). The number of nitrogens with zero attached hydrogens (tertiary/aromatic N) is 3. The lowest BCUT2D eigenvalue weighted by Crippen LogP contribution is -2.49. The molecular weight excluding hydrogens is 366 g/mol. The van der Waals surface area contributed by atoms with E-state index in [-0.39, 0.29) is 11.9 Å². The minimum Gasteiger partial charge on any atom is -0.480 e. The van der Waals surface area contributed by atoms with E-state index in [0.717, 1.165) is 52.0 Å². The van der Waals surface area contributed by atoms with Gasteiger partial charge < -0.3 is 14.9 Å². The average Bonchev–Trinajstić information content (AvgIpc) is 3.12. The summed E-state index contributed by atoms with van der Waals surface area (Å²) in [5.41, 5.74) is 2.54. The zero-order chi connectivity index (χ0) is 20.4. The molecule has 2 saturated heterocycles. The summed E-state index contributed by atoms with van der Waals surface area (Å²) in [4.78, 5) is 31.2. The average molecular weight is 400 g/mol. The summed E-state index contributed by atoms with van der Waals surface area (Å²) in [5, 5.41) is 9.64. The summed E-state index contributed by atoms with van der Waals surface area (Å²) in [6.45, 7) is 6.64. The summed E-state index contributed by atoms with van der Waals surface area (Å²) < 4.78 is 0. The van der Waals surface area contributed by atoms with Gasteiger partial charge in [0.1, 0.15) is 6.04 Å². The maximum absolute atomic E-state index is 13.0. The van der Waals surface area contributed by atoms with E-state index in [1.165, 1.54) is 17.7 Å². The summed E-state index contributed by atoms with van der Waals surface area (Å²) in [5.74, 6) is -0.417. The Morgan fingerprint density at radius 3 is 2.59 bits per heavy atom. The molecule has 1 aliphatic carbocycles. The number of rotatable bonds is 5. The molecule has 0 aromatic heterocycles. The Morgan fingerprint density at radius 1 is 1.10 bits per heavy atom. The van der Waals surface area contributed by atoms with E-state index < -0.39 is 12.0 Å². The largest absolute Gasteiger partial charge is 0.480 e. The first-order valence-electron chi connectivity index (χ1n) is 11.1. The van der Waals surface area contributed by atoms with Crippen LogP contribution in [0.3, 0.4) is 0 Å². The van der Waals surface area contributed by atoms with Crippen LogP contribution in [0.1, 0.15) is 44.1 Å². The van der Waals surface area contributed by atoms with Crippen molar-refractivity contribution in [1.29, 1.82) is 0 Å². The topological polar surface area (TPSA) is 64.1 Å². The van der Waals surface area contributed by atoms with Gasteiger partial charge in [-0.2, -0.15) is 0 Å². The second kappa shape index (κ2) is 8.74. The van der Waals surface area contributed by atoms with Crippen molar-refractivity contribution in [3.05, 3.63) is 29.8 Å². The SMILES string of the molecule is Cc1cccc(N2CCN(CCC(=O)N3C(C(=O)O)CC4CCCCC43)CC2)c1. The molecular formula is C23H33N3O3. The van der Waals surface area contributed by atoms with Crippen molar-refractivity contribution >= 4 is 17.6 Å². The number of hydrogen-bond donors (Lipinski definition) is 1. The van der Waals surface area contributed by atoms with Crippen LogP contribution in [0.2, 0.25) is 0 Å². The highest BCUT2D eigenvalue weighted by Gasteiger charge is 2.47. The Balaban J connectivity index is 1.30. The quantitative estimate of drug-likeness (QED) is 0.825. The molecule has 29 heavy (non-hydrogen) atoms. The zero-order valence-corrected chi connectivity index (χ0v) is 17.4. The van der Waals surface area contributed by atoms with Crippen molar-refractivity contribution in [2.75, 3.05) is 37.6 Å². The maximum Gasteiger partial charge on any atom is 0.326 e. The summed E-state index contributed by atoms with van der Waals surface area (Å²) in [6.07, 6.45) is 5.38. The Kier molecular flexibility index (Phi) is 6.09. The van der Waals surface area contributed by atoms with Gasteiger partial charge in [0, 0.05) is 50.9 Å². The molecule has 1 amide bonds. The Bertz CT molecular complexity index is 745. The fourth-order valence-corrected chi connectivity index (χ4v) is 5.48. The smallest absolute Gasteiger partial charge is 0.326 e. The van der Waals surface area contributed by atoms with E-state index in [2.05, 4.69) is 41.0 Å². The van der Waals surface area contributed by atoms with Gasteiger partial charge in [0.25, 0.3) is 0 Å². The van der Waals surface area contributed by atoms with Gasteiger partial charge in [-0.3, -0.25) is 9.69 Å². The second-order valence-corrected chi connectivity index (χ2v) is 8.92. The molecule has 2 heterocycles. The predicted octanol–water partition coefficient (Wildman–Crippen LogP) is 2.75. The van der Waals surface area contributed by atoms with E-state index >= 15 is 0 Å². The first-order valence-corrected chi connectivity index (χ1v) is 11.1. The molecule has 3 atom stereocenters. The maximum atomic E-state index is 13.0. The highest BCUT2D eigenvalue weighted by molar-refractivity contribution is 5.85. The molecule has 3 aliphatic rings. The number of piperazine rings is 1. The molecule has 1 aromatic rings. The van der Waals surface area contributed by atoms with Gasteiger partial charge in [-0.1, -0.05) is 25.0 Å². The van der Waals surface area contributed by atoms with Crippen LogP contribution >= 0.6 is 0 Å². The fourth-order valence-electron chi connectivity index (χ4n) is 5.48. The van der Waals surface area contributed by atoms with Crippen molar-refractivity contribution in [3.63, 3.8) is 0 Å². The summed E-state index contributed by atoms with van der Waals surface area (Å²) in [7, 11) is 0. The Hall–Kier alpha value is -2.08. The molecule has 158 valence electrons. The molecule has 3 unspecified atom stereocenters. The highest BCUT2D eigenvalue weighted by atomic mass is 16.4. The number of aryl methyl sites for hydroxylation is 1. The molecule has 1 N–H and O–H groups in total. The lowest BCUT2D eigenvalue weighted by molar-refractivity contribution is -0.150.